The van der Waals surface area contributed by atoms with E-state index in [4.69, 9.17) is 0 Å². The maximum atomic E-state index is 12.5. The molecule has 2 fully saturated rings. The molecule has 2 aliphatic rings. The van der Waals surface area contributed by atoms with Crippen LogP contribution in [0.15, 0.2) is 36.8 Å². The highest BCUT2D eigenvalue weighted by atomic mass is 16.2. The molecular weight excluding hydrogens is 264 g/mol. The van der Waals surface area contributed by atoms with E-state index in [2.05, 4.69) is 15.4 Å². The number of amides is 1. The highest BCUT2D eigenvalue weighted by molar-refractivity contribution is 5.96. The van der Waals surface area contributed by atoms with Gasteiger partial charge in [0.05, 0.1) is 5.69 Å². The third kappa shape index (κ3) is 2.22. The molecule has 0 radical (unpaired) electrons. The fourth-order valence-electron chi connectivity index (χ4n) is 3.67. The summed E-state index contributed by atoms with van der Waals surface area (Å²) >= 11 is 0. The van der Waals surface area contributed by atoms with Gasteiger partial charge in [-0.2, -0.15) is 5.10 Å². The standard InChI is InChI=1S/C16H18N4O/c21-16(14-11-5-1-2-6-12(11)14)19-13-7-3-8-17-15(13)20-10-4-9-18-20/h3-4,7-12,14H,1-2,5-6H2,(H,19,21). The van der Waals surface area contributed by atoms with Crippen molar-refractivity contribution in [3.05, 3.63) is 36.8 Å². The average Bonchev–Trinajstić information content (AvgIpc) is 2.99. The molecule has 0 bridgehead atoms. The van der Waals surface area contributed by atoms with Gasteiger partial charge in [-0.05, 0) is 42.9 Å². The summed E-state index contributed by atoms with van der Waals surface area (Å²) in [6.45, 7) is 0. The lowest BCUT2D eigenvalue weighted by Gasteiger charge is -2.09. The first-order valence-corrected chi connectivity index (χ1v) is 7.60. The minimum absolute atomic E-state index is 0.147. The fourth-order valence-corrected chi connectivity index (χ4v) is 3.67. The Morgan fingerprint density at radius 3 is 2.71 bits per heavy atom. The number of fused-ring (bicyclic) bond motifs is 1. The van der Waals surface area contributed by atoms with Gasteiger partial charge in [0.2, 0.25) is 5.91 Å². The largest absolute Gasteiger partial charge is 0.323 e. The molecular formula is C16H18N4O. The van der Waals surface area contributed by atoms with Crippen LogP contribution in [-0.2, 0) is 4.79 Å². The number of aromatic nitrogens is 3. The summed E-state index contributed by atoms with van der Waals surface area (Å²) in [6.07, 6.45) is 10.2. The van der Waals surface area contributed by atoms with Crippen LogP contribution in [0.5, 0.6) is 0 Å². The predicted octanol–water partition coefficient (Wildman–Crippen LogP) is 2.64. The van der Waals surface area contributed by atoms with E-state index in [0.717, 1.165) is 5.69 Å². The Balaban J connectivity index is 1.54. The SMILES string of the molecule is O=C(Nc1cccnc1-n1cccn1)C1C2CCCCC21. The van der Waals surface area contributed by atoms with Crippen molar-refractivity contribution in [1.29, 1.82) is 0 Å². The van der Waals surface area contributed by atoms with Gasteiger partial charge < -0.3 is 5.32 Å². The van der Waals surface area contributed by atoms with Crippen LogP contribution in [-0.4, -0.2) is 20.7 Å². The molecule has 2 aromatic rings. The van der Waals surface area contributed by atoms with Crippen LogP contribution in [0.1, 0.15) is 25.7 Å². The van der Waals surface area contributed by atoms with Crippen molar-refractivity contribution in [3.63, 3.8) is 0 Å². The lowest BCUT2D eigenvalue weighted by Crippen LogP contribution is -2.17. The molecule has 5 heteroatoms. The minimum Gasteiger partial charge on any atom is -0.323 e. The number of carbonyl (C=O) groups is 1. The van der Waals surface area contributed by atoms with Crippen molar-refractivity contribution in [2.75, 3.05) is 5.32 Å². The van der Waals surface area contributed by atoms with Gasteiger partial charge in [0.15, 0.2) is 5.82 Å². The van der Waals surface area contributed by atoms with E-state index in [9.17, 15) is 4.79 Å². The molecule has 2 saturated carbocycles. The summed E-state index contributed by atoms with van der Waals surface area (Å²) in [5.74, 6) is 2.25. The molecule has 0 saturated heterocycles. The van der Waals surface area contributed by atoms with E-state index < -0.39 is 0 Å². The second-order valence-electron chi connectivity index (χ2n) is 5.95. The normalized spacial score (nSPS) is 27.0. The number of pyridine rings is 1. The van der Waals surface area contributed by atoms with Gasteiger partial charge in [0, 0.05) is 24.5 Å². The molecule has 5 nitrogen and oxygen atoms in total. The minimum atomic E-state index is 0.147. The molecule has 0 aliphatic heterocycles. The summed E-state index contributed by atoms with van der Waals surface area (Å²) in [4.78, 5) is 16.8. The van der Waals surface area contributed by atoms with Gasteiger partial charge in [0.1, 0.15) is 0 Å². The first-order chi connectivity index (χ1) is 10.3. The lowest BCUT2D eigenvalue weighted by atomic mass is 10.0. The number of nitrogens with one attached hydrogen (secondary N) is 1. The van der Waals surface area contributed by atoms with Gasteiger partial charge in [-0.3, -0.25) is 4.79 Å². The van der Waals surface area contributed by atoms with Gasteiger partial charge in [0.25, 0.3) is 0 Å². The summed E-state index contributed by atoms with van der Waals surface area (Å²) < 4.78 is 1.68. The number of rotatable bonds is 3. The van der Waals surface area contributed by atoms with Crippen molar-refractivity contribution >= 4 is 11.6 Å². The van der Waals surface area contributed by atoms with Crippen molar-refractivity contribution in [2.24, 2.45) is 17.8 Å². The summed E-state index contributed by atoms with van der Waals surface area (Å²) in [6, 6.07) is 5.56. The van der Waals surface area contributed by atoms with Crippen LogP contribution >= 0.6 is 0 Å². The zero-order valence-electron chi connectivity index (χ0n) is 11.8. The van der Waals surface area contributed by atoms with Gasteiger partial charge in [-0.25, -0.2) is 9.67 Å². The van der Waals surface area contributed by atoms with E-state index in [1.165, 1.54) is 25.7 Å². The van der Waals surface area contributed by atoms with E-state index in [-0.39, 0.29) is 11.8 Å². The summed E-state index contributed by atoms with van der Waals surface area (Å²) in [7, 11) is 0. The predicted molar refractivity (Wildman–Crippen MR) is 78.9 cm³/mol. The van der Waals surface area contributed by atoms with Crippen LogP contribution in [0.3, 0.4) is 0 Å². The van der Waals surface area contributed by atoms with E-state index >= 15 is 0 Å². The molecule has 1 N–H and O–H groups in total. The average molecular weight is 282 g/mol. The molecule has 2 aliphatic carbocycles. The number of carbonyl (C=O) groups excluding carboxylic acids is 1. The Labute approximate surface area is 123 Å². The van der Waals surface area contributed by atoms with Crippen LogP contribution < -0.4 is 5.32 Å². The quantitative estimate of drug-likeness (QED) is 0.941. The highest BCUT2D eigenvalue weighted by Gasteiger charge is 2.54. The van der Waals surface area contributed by atoms with E-state index in [1.54, 1.807) is 17.1 Å². The zero-order chi connectivity index (χ0) is 14.2. The second-order valence-corrected chi connectivity index (χ2v) is 5.95. The monoisotopic (exact) mass is 282 g/mol. The number of nitrogens with zero attached hydrogens (tertiary/aromatic N) is 3. The van der Waals surface area contributed by atoms with Crippen LogP contribution in [0, 0.1) is 17.8 Å². The maximum Gasteiger partial charge on any atom is 0.228 e. The number of hydrogen-bond donors (Lipinski definition) is 1. The molecule has 108 valence electrons. The third-order valence-corrected chi connectivity index (χ3v) is 4.73. The number of hydrogen-bond acceptors (Lipinski definition) is 3. The Bertz CT molecular complexity index is 640. The van der Waals surface area contributed by atoms with Crippen molar-refractivity contribution in [1.82, 2.24) is 14.8 Å². The van der Waals surface area contributed by atoms with Gasteiger partial charge in [-0.1, -0.05) is 12.8 Å². The van der Waals surface area contributed by atoms with Gasteiger partial charge in [-0.15, -0.1) is 0 Å². The fraction of sp³-hybridized carbons (Fsp3) is 0.438. The smallest absolute Gasteiger partial charge is 0.228 e. The Kier molecular flexibility index (Phi) is 2.98. The van der Waals surface area contributed by atoms with Crippen molar-refractivity contribution < 1.29 is 4.79 Å². The van der Waals surface area contributed by atoms with Crippen LogP contribution in [0.25, 0.3) is 5.82 Å². The molecule has 2 unspecified atom stereocenters. The lowest BCUT2D eigenvalue weighted by molar-refractivity contribution is -0.117. The van der Waals surface area contributed by atoms with Crippen LogP contribution in [0.4, 0.5) is 5.69 Å². The molecule has 1 amide bonds. The summed E-state index contributed by atoms with van der Waals surface area (Å²) in [5.41, 5.74) is 0.731. The number of anilines is 1. The van der Waals surface area contributed by atoms with Crippen LogP contribution in [0.2, 0.25) is 0 Å². The molecule has 0 aromatic carbocycles. The zero-order valence-corrected chi connectivity index (χ0v) is 11.8. The first kappa shape index (κ1) is 12.6. The molecule has 21 heavy (non-hydrogen) atoms. The molecule has 4 rings (SSSR count). The van der Waals surface area contributed by atoms with Gasteiger partial charge >= 0.3 is 0 Å². The Morgan fingerprint density at radius 1 is 1.19 bits per heavy atom. The topological polar surface area (TPSA) is 59.8 Å². The first-order valence-electron chi connectivity index (χ1n) is 7.60. The molecule has 2 atom stereocenters. The molecule has 0 spiro atoms. The van der Waals surface area contributed by atoms with Crippen molar-refractivity contribution in [2.45, 2.75) is 25.7 Å². The summed E-state index contributed by atoms with van der Waals surface area (Å²) in [5, 5.41) is 7.24. The third-order valence-electron chi connectivity index (χ3n) is 4.73. The highest BCUT2D eigenvalue weighted by Crippen LogP contribution is 2.55. The molecule has 2 aromatic heterocycles. The van der Waals surface area contributed by atoms with E-state index in [1.807, 2.05) is 24.4 Å². The maximum absolute atomic E-state index is 12.5. The molecule has 2 heterocycles. The van der Waals surface area contributed by atoms with E-state index in [0.29, 0.717) is 17.7 Å². The second kappa shape index (κ2) is 4.98. The Hall–Kier alpha value is -2.17. The Morgan fingerprint density at radius 2 is 2.00 bits per heavy atom. The van der Waals surface area contributed by atoms with Crippen molar-refractivity contribution in [3.8, 4) is 5.82 Å².